The normalized spacial score (nSPS) is 11.2. The van der Waals surface area contributed by atoms with Crippen molar-refractivity contribution in [3.8, 4) is 0 Å². The minimum absolute atomic E-state index is 0.0200. The van der Waals surface area contributed by atoms with Gasteiger partial charge < -0.3 is 5.11 Å². The maximum absolute atomic E-state index is 13.1. The minimum atomic E-state index is -3.92. The van der Waals surface area contributed by atoms with Gasteiger partial charge in [0.2, 0.25) is 0 Å². The number of carboxylic acid groups (broad SMARTS) is 1. The third kappa shape index (κ3) is 4.46. The molecule has 0 aliphatic carbocycles. The van der Waals surface area contributed by atoms with Crippen LogP contribution in [0.25, 0.3) is 0 Å². The number of carboxylic acids is 1. The van der Waals surface area contributed by atoms with Crippen molar-refractivity contribution >= 4 is 33.3 Å². The molecule has 0 saturated carbocycles. The molecular formula is C16H15ClFNO4S. The summed E-state index contributed by atoms with van der Waals surface area (Å²) in [6.45, 7) is -0.0388. The van der Waals surface area contributed by atoms with Crippen molar-refractivity contribution in [3.05, 3.63) is 59.4 Å². The summed E-state index contributed by atoms with van der Waals surface area (Å²) in [6, 6.07) is 10.6. The number of hydrogen-bond donors (Lipinski definition) is 1. The number of rotatable bonds is 7. The molecule has 0 bridgehead atoms. The van der Waals surface area contributed by atoms with Gasteiger partial charge >= 0.3 is 5.97 Å². The van der Waals surface area contributed by atoms with E-state index in [1.54, 1.807) is 0 Å². The van der Waals surface area contributed by atoms with E-state index in [1.807, 2.05) is 0 Å². The van der Waals surface area contributed by atoms with Crippen molar-refractivity contribution in [2.45, 2.75) is 17.7 Å². The largest absolute Gasteiger partial charge is 0.481 e. The van der Waals surface area contributed by atoms with Crippen LogP contribution >= 0.6 is 11.6 Å². The number of benzene rings is 2. The standard InChI is InChI=1S/C16H15ClFNO4S/c17-12-3-9-15(10-4-12)24(22,23)19(11-1-2-16(20)21)14-7-5-13(18)6-8-14/h3-10H,1-2,11H2,(H,20,21). The van der Waals surface area contributed by atoms with Gasteiger partial charge in [0, 0.05) is 18.0 Å². The molecule has 0 spiro atoms. The predicted octanol–water partition coefficient (Wildman–Crippen LogP) is 3.54. The Morgan fingerprint density at radius 1 is 1.08 bits per heavy atom. The summed E-state index contributed by atoms with van der Waals surface area (Å²) in [5.74, 6) is -1.51. The van der Waals surface area contributed by atoms with Crippen LogP contribution in [-0.4, -0.2) is 26.0 Å². The number of hydrogen-bond acceptors (Lipinski definition) is 3. The maximum Gasteiger partial charge on any atom is 0.303 e. The summed E-state index contributed by atoms with van der Waals surface area (Å²) in [6.07, 6.45) is -0.0483. The molecule has 2 aromatic rings. The summed E-state index contributed by atoms with van der Waals surface area (Å²) in [4.78, 5) is 10.7. The lowest BCUT2D eigenvalue weighted by Gasteiger charge is -2.24. The first-order valence-electron chi connectivity index (χ1n) is 7.06. The van der Waals surface area contributed by atoms with Gasteiger partial charge in [0.05, 0.1) is 10.6 Å². The van der Waals surface area contributed by atoms with E-state index in [9.17, 15) is 17.6 Å². The van der Waals surface area contributed by atoms with E-state index >= 15 is 0 Å². The lowest BCUT2D eigenvalue weighted by atomic mass is 10.3. The Bertz CT molecular complexity index is 807. The Labute approximate surface area is 144 Å². The highest BCUT2D eigenvalue weighted by Gasteiger charge is 2.25. The van der Waals surface area contributed by atoms with E-state index in [0.717, 1.165) is 16.4 Å². The first-order chi connectivity index (χ1) is 11.3. The summed E-state index contributed by atoms with van der Waals surface area (Å²) < 4.78 is 39.9. The van der Waals surface area contributed by atoms with Gasteiger partial charge in [0.25, 0.3) is 10.0 Å². The van der Waals surface area contributed by atoms with Gasteiger partial charge in [0.1, 0.15) is 5.82 Å². The molecule has 24 heavy (non-hydrogen) atoms. The average molecular weight is 372 g/mol. The van der Waals surface area contributed by atoms with Crippen LogP contribution in [0.1, 0.15) is 12.8 Å². The van der Waals surface area contributed by atoms with Crippen LogP contribution < -0.4 is 4.31 Å². The number of nitrogens with zero attached hydrogens (tertiary/aromatic N) is 1. The van der Waals surface area contributed by atoms with Gasteiger partial charge in [0.15, 0.2) is 0 Å². The number of halogens is 2. The van der Waals surface area contributed by atoms with Crippen LogP contribution in [0, 0.1) is 5.82 Å². The lowest BCUT2D eigenvalue weighted by Crippen LogP contribution is -2.32. The number of aliphatic carboxylic acids is 1. The highest BCUT2D eigenvalue weighted by atomic mass is 35.5. The fourth-order valence-corrected chi connectivity index (χ4v) is 3.73. The van der Waals surface area contributed by atoms with Gasteiger partial charge in [-0.15, -0.1) is 0 Å². The van der Waals surface area contributed by atoms with Gasteiger partial charge in [-0.3, -0.25) is 9.10 Å². The lowest BCUT2D eigenvalue weighted by molar-refractivity contribution is -0.137. The molecule has 0 heterocycles. The molecule has 1 N–H and O–H groups in total. The number of sulfonamides is 1. The molecule has 0 aliphatic heterocycles. The molecule has 5 nitrogen and oxygen atoms in total. The first-order valence-corrected chi connectivity index (χ1v) is 8.88. The van der Waals surface area contributed by atoms with Crippen molar-refractivity contribution in [2.24, 2.45) is 0 Å². The summed E-state index contributed by atoms with van der Waals surface area (Å²) in [7, 11) is -3.92. The Morgan fingerprint density at radius 3 is 2.21 bits per heavy atom. The van der Waals surface area contributed by atoms with Crippen molar-refractivity contribution in [1.82, 2.24) is 0 Å². The second-order valence-electron chi connectivity index (χ2n) is 5.00. The average Bonchev–Trinajstić information content (AvgIpc) is 2.53. The molecular weight excluding hydrogens is 357 g/mol. The monoisotopic (exact) mass is 371 g/mol. The highest BCUT2D eigenvalue weighted by molar-refractivity contribution is 7.92. The van der Waals surface area contributed by atoms with Crippen LogP contribution in [0.5, 0.6) is 0 Å². The second kappa shape index (κ2) is 7.63. The van der Waals surface area contributed by atoms with Crippen LogP contribution in [0.3, 0.4) is 0 Å². The fraction of sp³-hybridized carbons (Fsp3) is 0.188. The van der Waals surface area contributed by atoms with E-state index < -0.39 is 21.8 Å². The predicted molar refractivity (Wildman–Crippen MR) is 89.3 cm³/mol. The van der Waals surface area contributed by atoms with E-state index in [0.29, 0.717) is 5.02 Å². The zero-order valence-electron chi connectivity index (χ0n) is 12.5. The quantitative estimate of drug-likeness (QED) is 0.807. The third-order valence-electron chi connectivity index (χ3n) is 3.27. The minimum Gasteiger partial charge on any atom is -0.481 e. The van der Waals surface area contributed by atoms with Gasteiger partial charge in [-0.05, 0) is 55.0 Å². The molecule has 2 rings (SSSR count). The number of anilines is 1. The van der Waals surface area contributed by atoms with E-state index in [-0.39, 0.29) is 30.0 Å². The highest BCUT2D eigenvalue weighted by Crippen LogP contribution is 2.25. The molecule has 0 amide bonds. The molecule has 0 aromatic heterocycles. The molecule has 0 aliphatic rings. The van der Waals surface area contributed by atoms with Crippen LogP contribution in [0.2, 0.25) is 5.02 Å². The second-order valence-corrected chi connectivity index (χ2v) is 7.30. The first kappa shape index (κ1) is 18.2. The summed E-state index contributed by atoms with van der Waals surface area (Å²) in [5, 5.41) is 9.15. The van der Waals surface area contributed by atoms with Crippen molar-refractivity contribution < 1.29 is 22.7 Å². The molecule has 0 radical (unpaired) electrons. The summed E-state index contributed by atoms with van der Waals surface area (Å²) >= 11 is 5.78. The van der Waals surface area contributed by atoms with Crippen LogP contribution in [0.15, 0.2) is 53.4 Å². The van der Waals surface area contributed by atoms with Crippen LogP contribution in [0.4, 0.5) is 10.1 Å². The van der Waals surface area contributed by atoms with Crippen molar-refractivity contribution in [3.63, 3.8) is 0 Å². The maximum atomic E-state index is 13.1. The van der Waals surface area contributed by atoms with Gasteiger partial charge in [-0.1, -0.05) is 11.6 Å². The molecule has 2 aromatic carbocycles. The molecule has 0 fully saturated rings. The van der Waals surface area contributed by atoms with Gasteiger partial charge in [-0.2, -0.15) is 0 Å². The Balaban J connectivity index is 2.38. The van der Waals surface area contributed by atoms with Crippen LogP contribution in [-0.2, 0) is 14.8 Å². The Hall–Kier alpha value is -2.12. The number of carbonyl (C=O) groups is 1. The molecule has 0 saturated heterocycles. The van der Waals surface area contributed by atoms with Crippen molar-refractivity contribution in [2.75, 3.05) is 10.8 Å². The van der Waals surface area contributed by atoms with Crippen molar-refractivity contribution in [1.29, 1.82) is 0 Å². The molecule has 8 heteroatoms. The third-order valence-corrected chi connectivity index (χ3v) is 5.36. The van der Waals surface area contributed by atoms with E-state index in [2.05, 4.69) is 0 Å². The molecule has 0 unspecified atom stereocenters. The zero-order valence-corrected chi connectivity index (χ0v) is 14.1. The Kier molecular flexibility index (Phi) is 5.80. The summed E-state index contributed by atoms with van der Waals surface area (Å²) in [5.41, 5.74) is 0.261. The topological polar surface area (TPSA) is 74.7 Å². The molecule has 128 valence electrons. The van der Waals surface area contributed by atoms with Gasteiger partial charge in [-0.25, -0.2) is 12.8 Å². The fourth-order valence-electron chi connectivity index (χ4n) is 2.10. The smallest absolute Gasteiger partial charge is 0.303 e. The zero-order chi connectivity index (χ0) is 17.7. The van der Waals surface area contributed by atoms with E-state index in [4.69, 9.17) is 16.7 Å². The van der Waals surface area contributed by atoms with E-state index in [1.165, 1.54) is 36.4 Å². The SMILES string of the molecule is O=C(O)CCCN(c1ccc(F)cc1)S(=O)(=O)c1ccc(Cl)cc1. The molecule has 0 atom stereocenters. The Morgan fingerprint density at radius 2 is 1.67 bits per heavy atom.